The summed E-state index contributed by atoms with van der Waals surface area (Å²) >= 11 is 6.21. The fraction of sp³-hybridized carbons (Fsp3) is 0.364. The summed E-state index contributed by atoms with van der Waals surface area (Å²) in [7, 11) is 0. The summed E-state index contributed by atoms with van der Waals surface area (Å²) in [5, 5.41) is 3.24. The molecule has 1 aliphatic rings. The number of halogens is 4. The number of hydrogen-bond acceptors (Lipinski definition) is 2. The number of hydrogen-bond donors (Lipinski definition) is 1. The molecule has 0 aromatic heterocycles. The minimum atomic E-state index is -4.40. The first-order valence-electron chi connectivity index (χ1n) is 9.50. The van der Waals surface area contributed by atoms with Crippen molar-refractivity contribution in [2.75, 3.05) is 6.54 Å². The molecule has 1 saturated heterocycles. The highest BCUT2D eigenvalue weighted by molar-refractivity contribution is 6.31. The summed E-state index contributed by atoms with van der Waals surface area (Å²) < 4.78 is 37.9. The zero-order chi connectivity index (χ0) is 22.1. The molecule has 2 amide bonds. The Kier molecular flexibility index (Phi) is 6.13. The first kappa shape index (κ1) is 22.2. The first-order chi connectivity index (χ1) is 14.0. The lowest BCUT2D eigenvalue weighted by Crippen LogP contribution is -2.67. The van der Waals surface area contributed by atoms with Crippen molar-refractivity contribution in [1.29, 1.82) is 0 Å². The summed E-state index contributed by atoms with van der Waals surface area (Å²) in [6, 6.07) is 10.1. The molecular formula is C22H22ClF3N2O2. The number of carbonyl (C=O) groups excluding carboxylic acids is 2. The third kappa shape index (κ3) is 4.61. The lowest BCUT2D eigenvalue weighted by atomic mass is 9.84. The Morgan fingerprint density at radius 1 is 1.17 bits per heavy atom. The summed E-state index contributed by atoms with van der Waals surface area (Å²) in [6.07, 6.45) is -3.79. The van der Waals surface area contributed by atoms with E-state index in [9.17, 15) is 22.8 Å². The number of rotatable bonds is 5. The number of alkyl halides is 3. The first-order valence-corrected chi connectivity index (χ1v) is 9.88. The average Bonchev–Trinajstić information content (AvgIpc) is 2.66. The van der Waals surface area contributed by atoms with E-state index in [0.29, 0.717) is 29.1 Å². The van der Waals surface area contributed by atoms with Crippen LogP contribution in [0.15, 0.2) is 42.5 Å². The smallest absolute Gasteiger partial charge is 0.350 e. The van der Waals surface area contributed by atoms with Crippen molar-refractivity contribution in [2.24, 2.45) is 0 Å². The van der Waals surface area contributed by atoms with Gasteiger partial charge in [0.2, 0.25) is 11.8 Å². The Bertz CT molecular complexity index is 960. The van der Waals surface area contributed by atoms with Gasteiger partial charge in [0.15, 0.2) is 0 Å². The van der Waals surface area contributed by atoms with E-state index in [-0.39, 0.29) is 24.8 Å². The van der Waals surface area contributed by atoms with Gasteiger partial charge in [-0.2, -0.15) is 13.2 Å². The number of aryl methyl sites for hydroxylation is 1. The van der Waals surface area contributed by atoms with Gasteiger partial charge in [-0.15, -0.1) is 0 Å². The van der Waals surface area contributed by atoms with Crippen molar-refractivity contribution in [1.82, 2.24) is 10.2 Å². The van der Waals surface area contributed by atoms with Crippen LogP contribution >= 0.6 is 11.6 Å². The van der Waals surface area contributed by atoms with Gasteiger partial charge >= 0.3 is 6.18 Å². The number of nitrogens with one attached hydrogen (secondary N) is 1. The van der Waals surface area contributed by atoms with Crippen LogP contribution in [-0.4, -0.2) is 28.8 Å². The number of carbonyl (C=O) groups is 2. The minimum Gasteiger partial charge on any atom is -0.350 e. The molecule has 0 radical (unpaired) electrons. The molecule has 2 aromatic rings. The van der Waals surface area contributed by atoms with E-state index in [1.54, 1.807) is 19.1 Å². The minimum absolute atomic E-state index is 0.0817. The van der Waals surface area contributed by atoms with Crippen LogP contribution in [0.4, 0.5) is 13.2 Å². The van der Waals surface area contributed by atoms with Crippen molar-refractivity contribution in [3.8, 4) is 0 Å². The van der Waals surface area contributed by atoms with Crippen molar-refractivity contribution in [3.63, 3.8) is 0 Å². The van der Waals surface area contributed by atoms with Gasteiger partial charge in [-0.25, -0.2) is 0 Å². The Hall–Kier alpha value is -2.54. The molecule has 1 N–H and O–H groups in total. The summed E-state index contributed by atoms with van der Waals surface area (Å²) in [6.45, 7) is 4.14. The predicted octanol–water partition coefficient (Wildman–Crippen LogP) is 4.52. The molecule has 160 valence electrons. The molecule has 1 heterocycles. The molecule has 0 spiro atoms. The molecule has 0 bridgehead atoms. The van der Waals surface area contributed by atoms with E-state index >= 15 is 0 Å². The largest absolute Gasteiger partial charge is 0.416 e. The Morgan fingerprint density at radius 3 is 2.37 bits per heavy atom. The SMILES string of the molecule is Cc1ccc(CC(=O)N2CCC2(C)C(=O)NCc2ccc(C(F)(F)F)cc2)c(Cl)c1. The maximum Gasteiger partial charge on any atom is 0.416 e. The number of likely N-dealkylation sites (tertiary alicyclic amines) is 1. The van der Waals surface area contributed by atoms with Gasteiger partial charge < -0.3 is 10.2 Å². The van der Waals surface area contributed by atoms with Crippen LogP contribution in [0.5, 0.6) is 0 Å². The zero-order valence-corrected chi connectivity index (χ0v) is 17.4. The molecule has 1 unspecified atom stereocenters. The molecule has 0 saturated carbocycles. The second-order valence-corrected chi connectivity index (χ2v) is 8.13. The van der Waals surface area contributed by atoms with Crippen LogP contribution in [0.1, 0.15) is 35.6 Å². The van der Waals surface area contributed by atoms with E-state index in [1.165, 1.54) is 17.0 Å². The van der Waals surface area contributed by atoms with Gasteiger partial charge in [-0.05, 0) is 55.2 Å². The van der Waals surface area contributed by atoms with Gasteiger partial charge in [0.1, 0.15) is 5.54 Å². The molecule has 30 heavy (non-hydrogen) atoms. The average molecular weight is 439 g/mol. The molecule has 1 aliphatic heterocycles. The van der Waals surface area contributed by atoms with E-state index < -0.39 is 17.3 Å². The number of benzene rings is 2. The van der Waals surface area contributed by atoms with Gasteiger partial charge in [0.25, 0.3) is 0 Å². The molecule has 1 fully saturated rings. The normalized spacial score (nSPS) is 18.7. The zero-order valence-electron chi connectivity index (χ0n) is 16.6. The third-order valence-electron chi connectivity index (χ3n) is 5.49. The fourth-order valence-corrected chi connectivity index (χ4v) is 3.74. The highest BCUT2D eigenvalue weighted by Gasteiger charge is 2.49. The maximum absolute atomic E-state index is 12.7. The quantitative estimate of drug-likeness (QED) is 0.746. The van der Waals surface area contributed by atoms with Crippen LogP contribution < -0.4 is 5.32 Å². The monoisotopic (exact) mass is 438 g/mol. The molecule has 0 aliphatic carbocycles. The van der Waals surface area contributed by atoms with E-state index in [2.05, 4.69) is 5.32 Å². The van der Waals surface area contributed by atoms with Crippen molar-refractivity contribution in [3.05, 3.63) is 69.7 Å². The second kappa shape index (κ2) is 8.30. The summed E-state index contributed by atoms with van der Waals surface area (Å²) in [5.41, 5.74) is 0.512. The predicted molar refractivity (Wildman–Crippen MR) is 108 cm³/mol. The van der Waals surface area contributed by atoms with Crippen LogP contribution in [-0.2, 0) is 28.7 Å². The van der Waals surface area contributed by atoms with Crippen LogP contribution in [0.25, 0.3) is 0 Å². The van der Waals surface area contributed by atoms with Gasteiger partial charge in [0.05, 0.1) is 12.0 Å². The van der Waals surface area contributed by atoms with E-state index in [0.717, 1.165) is 17.7 Å². The topological polar surface area (TPSA) is 49.4 Å². The Morgan fingerprint density at radius 2 is 1.83 bits per heavy atom. The van der Waals surface area contributed by atoms with Crippen LogP contribution in [0.2, 0.25) is 5.02 Å². The van der Waals surface area contributed by atoms with Gasteiger partial charge in [0, 0.05) is 18.1 Å². The second-order valence-electron chi connectivity index (χ2n) is 7.72. The van der Waals surface area contributed by atoms with E-state index in [1.807, 2.05) is 13.0 Å². The summed E-state index contributed by atoms with van der Waals surface area (Å²) in [5.74, 6) is -0.531. The molecular weight excluding hydrogens is 417 g/mol. The van der Waals surface area contributed by atoms with Crippen LogP contribution in [0, 0.1) is 6.92 Å². The van der Waals surface area contributed by atoms with Crippen LogP contribution in [0.3, 0.4) is 0 Å². The Labute approximate surface area is 178 Å². The molecule has 3 rings (SSSR count). The van der Waals surface area contributed by atoms with Gasteiger partial charge in [-0.1, -0.05) is 35.9 Å². The lowest BCUT2D eigenvalue weighted by molar-refractivity contribution is -0.157. The molecule has 1 atom stereocenters. The van der Waals surface area contributed by atoms with Crippen molar-refractivity contribution in [2.45, 2.75) is 44.9 Å². The number of nitrogens with zero attached hydrogens (tertiary/aromatic N) is 1. The third-order valence-corrected chi connectivity index (χ3v) is 5.84. The Balaban J connectivity index is 1.60. The highest BCUT2D eigenvalue weighted by Crippen LogP contribution is 2.32. The van der Waals surface area contributed by atoms with E-state index in [4.69, 9.17) is 11.6 Å². The van der Waals surface area contributed by atoms with Gasteiger partial charge in [-0.3, -0.25) is 9.59 Å². The molecule has 4 nitrogen and oxygen atoms in total. The number of amides is 2. The molecule has 8 heteroatoms. The molecule has 2 aromatic carbocycles. The fourth-order valence-electron chi connectivity index (χ4n) is 3.43. The highest BCUT2D eigenvalue weighted by atomic mass is 35.5. The lowest BCUT2D eigenvalue weighted by Gasteiger charge is -2.49. The maximum atomic E-state index is 12.7. The van der Waals surface area contributed by atoms with Crippen molar-refractivity contribution >= 4 is 23.4 Å². The van der Waals surface area contributed by atoms with Crippen molar-refractivity contribution < 1.29 is 22.8 Å². The summed E-state index contributed by atoms with van der Waals surface area (Å²) in [4.78, 5) is 27.0. The standard InChI is InChI=1S/C22H22ClF3N2O2/c1-14-3-6-16(18(23)11-14)12-19(29)28-10-9-21(28,2)20(30)27-13-15-4-7-17(8-5-15)22(24,25)26/h3-8,11H,9-10,12-13H2,1-2H3,(H,27,30).